The van der Waals surface area contributed by atoms with Crippen LogP contribution >= 0.6 is 0 Å². The van der Waals surface area contributed by atoms with Crippen LogP contribution in [0.25, 0.3) is 0 Å². The molecule has 1 aliphatic heterocycles. The van der Waals surface area contributed by atoms with Gasteiger partial charge in [0.15, 0.2) is 0 Å². The van der Waals surface area contributed by atoms with E-state index in [0.717, 1.165) is 11.1 Å². The van der Waals surface area contributed by atoms with E-state index in [-0.39, 0.29) is 16.8 Å². The van der Waals surface area contributed by atoms with Crippen molar-refractivity contribution in [1.82, 2.24) is 9.62 Å². The normalized spacial score (nSPS) is 18.2. The fourth-order valence-electron chi connectivity index (χ4n) is 3.09. The molecule has 1 N–H and O–H groups in total. The molecule has 1 saturated heterocycles. The van der Waals surface area contributed by atoms with Crippen LogP contribution in [-0.2, 0) is 21.3 Å². The van der Waals surface area contributed by atoms with E-state index < -0.39 is 10.0 Å². The van der Waals surface area contributed by atoms with Gasteiger partial charge in [-0.1, -0.05) is 30.3 Å². The van der Waals surface area contributed by atoms with Crippen molar-refractivity contribution < 1.29 is 17.9 Å². The first-order chi connectivity index (χ1) is 12.9. The number of amides is 1. The molecule has 0 bridgehead atoms. The summed E-state index contributed by atoms with van der Waals surface area (Å²) in [5.41, 5.74) is 2.44. The highest BCUT2D eigenvalue weighted by Gasteiger charge is 2.31. The van der Waals surface area contributed by atoms with Crippen molar-refractivity contribution >= 4 is 15.9 Å². The molecule has 1 unspecified atom stereocenters. The Kier molecular flexibility index (Phi) is 5.94. The summed E-state index contributed by atoms with van der Waals surface area (Å²) in [5.74, 6) is -0.301. The second-order valence-corrected chi connectivity index (χ2v) is 8.57. The molecule has 0 aromatic heterocycles. The first-order valence-electron chi connectivity index (χ1n) is 8.92. The molecule has 0 spiro atoms. The summed E-state index contributed by atoms with van der Waals surface area (Å²) in [4.78, 5) is 12.6. The van der Waals surface area contributed by atoms with E-state index in [9.17, 15) is 13.2 Å². The lowest BCUT2D eigenvalue weighted by molar-refractivity contribution is 0.0392. The van der Waals surface area contributed by atoms with Gasteiger partial charge in [0.05, 0.1) is 18.1 Å². The monoisotopic (exact) mass is 388 g/mol. The number of nitrogens with one attached hydrogen (secondary N) is 1. The van der Waals surface area contributed by atoms with Crippen LogP contribution in [0.2, 0.25) is 0 Å². The number of hydrogen-bond donors (Lipinski definition) is 1. The van der Waals surface area contributed by atoms with Crippen molar-refractivity contribution in [3.05, 3.63) is 65.2 Å². The quantitative estimate of drug-likeness (QED) is 0.853. The lowest BCUT2D eigenvalue weighted by atomic mass is 10.1. The standard InChI is InChI=1S/C20H24N2O4S/c1-15-6-3-4-7-18(15)13-21-20(23)17-8-5-9-19(12-17)27(24,25)22-10-11-26-14-16(22)2/h3-9,12,16H,10-11,13-14H2,1-2H3,(H,21,23). The first-order valence-corrected chi connectivity index (χ1v) is 10.4. The summed E-state index contributed by atoms with van der Waals surface area (Å²) < 4.78 is 32.6. The molecule has 7 heteroatoms. The number of hydrogen-bond acceptors (Lipinski definition) is 4. The zero-order valence-electron chi connectivity index (χ0n) is 15.5. The fourth-order valence-corrected chi connectivity index (χ4v) is 4.73. The molecule has 0 radical (unpaired) electrons. The van der Waals surface area contributed by atoms with Crippen molar-refractivity contribution in [3.8, 4) is 0 Å². The molecule has 2 aromatic carbocycles. The van der Waals surface area contributed by atoms with E-state index in [2.05, 4.69) is 5.32 Å². The average Bonchev–Trinajstić information content (AvgIpc) is 2.67. The number of benzene rings is 2. The van der Waals surface area contributed by atoms with Gasteiger partial charge in [-0.05, 0) is 43.2 Å². The summed E-state index contributed by atoms with van der Waals surface area (Å²) in [7, 11) is -3.67. The second kappa shape index (κ2) is 8.21. The Morgan fingerprint density at radius 1 is 1.22 bits per heavy atom. The lowest BCUT2D eigenvalue weighted by Crippen LogP contribution is -2.46. The summed E-state index contributed by atoms with van der Waals surface area (Å²) in [6.07, 6.45) is 0. The predicted octanol–water partition coefficient (Wildman–Crippen LogP) is 2.33. The van der Waals surface area contributed by atoms with Crippen LogP contribution in [0.5, 0.6) is 0 Å². The van der Waals surface area contributed by atoms with Crippen LogP contribution in [0.15, 0.2) is 53.4 Å². The predicted molar refractivity (Wildman–Crippen MR) is 103 cm³/mol. The lowest BCUT2D eigenvalue weighted by Gasteiger charge is -2.32. The minimum atomic E-state index is -3.67. The van der Waals surface area contributed by atoms with E-state index in [4.69, 9.17) is 4.74 Å². The number of nitrogens with zero attached hydrogens (tertiary/aromatic N) is 1. The Bertz CT molecular complexity index is 927. The minimum Gasteiger partial charge on any atom is -0.378 e. The molecular weight excluding hydrogens is 364 g/mol. The maximum Gasteiger partial charge on any atom is 0.251 e. The molecule has 0 aliphatic carbocycles. The Morgan fingerprint density at radius 2 is 2.00 bits per heavy atom. The van der Waals surface area contributed by atoms with E-state index in [1.54, 1.807) is 12.1 Å². The number of aryl methyl sites for hydroxylation is 1. The van der Waals surface area contributed by atoms with Gasteiger partial charge in [0, 0.05) is 24.7 Å². The van der Waals surface area contributed by atoms with Crippen LogP contribution in [0.4, 0.5) is 0 Å². The van der Waals surface area contributed by atoms with Gasteiger partial charge in [-0.3, -0.25) is 4.79 Å². The van der Waals surface area contributed by atoms with Gasteiger partial charge in [-0.15, -0.1) is 0 Å². The third kappa shape index (κ3) is 4.37. The van der Waals surface area contributed by atoms with Crippen LogP contribution in [0.1, 0.15) is 28.4 Å². The van der Waals surface area contributed by atoms with E-state index in [1.807, 2.05) is 38.1 Å². The number of carbonyl (C=O) groups excluding carboxylic acids is 1. The molecule has 1 aliphatic rings. The molecule has 1 fully saturated rings. The number of morpholine rings is 1. The fraction of sp³-hybridized carbons (Fsp3) is 0.350. The Labute approximate surface area is 160 Å². The first kappa shape index (κ1) is 19.5. The van der Waals surface area contributed by atoms with Crippen molar-refractivity contribution in [2.24, 2.45) is 0 Å². The van der Waals surface area contributed by atoms with Gasteiger partial charge in [0.1, 0.15) is 0 Å². The van der Waals surface area contributed by atoms with Gasteiger partial charge in [0.2, 0.25) is 10.0 Å². The van der Waals surface area contributed by atoms with Crippen molar-refractivity contribution in [3.63, 3.8) is 0 Å². The molecule has 6 nitrogen and oxygen atoms in total. The van der Waals surface area contributed by atoms with Gasteiger partial charge >= 0.3 is 0 Å². The third-order valence-corrected chi connectivity index (χ3v) is 6.72. The van der Waals surface area contributed by atoms with Gasteiger partial charge in [-0.25, -0.2) is 8.42 Å². The van der Waals surface area contributed by atoms with Gasteiger partial charge in [-0.2, -0.15) is 4.31 Å². The van der Waals surface area contributed by atoms with Crippen LogP contribution in [0.3, 0.4) is 0 Å². The minimum absolute atomic E-state index is 0.125. The van der Waals surface area contributed by atoms with E-state index >= 15 is 0 Å². The molecule has 0 saturated carbocycles. The molecule has 3 rings (SSSR count). The largest absolute Gasteiger partial charge is 0.378 e. The summed E-state index contributed by atoms with van der Waals surface area (Å²) in [6, 6.07) is 13.7. The Hall–Kier alpha value is -2.22. The Balaban J connectivity index is 1.76. The number of ether oxygens (including phenoxy) is 1. The topological polar surface area (TPSA) is 75.7 Å². The van der Waals surface area contributed by atoms with Crippen LogP contribution < -0.4 is 5.32 Å². The van der Waals surface area contributed by atoms with E-state index in [1.165, 1.54) is 16.4 Å². The molecule has 1 heterocycles. The smallest absolute Gasteiger partial charge is 0.251 e. The maximum absolute atomic E-state index is 12.9. The molecule has 2 aromatic rings. The number of carbonyl (C=O) groups is 1. The second-order valence-electron chi connectivity index (χ2n) is 6.68. The highest BCUT2D eigenvalue weighted by Crippen LogP contribution is 2.21. The highest BCUT2D eigenvalue weighted by atomic mass is 32.2. The van der Waals surface area contributed by atoms with Gasteiger partial charge in [0.25, 0.3) is 5.91 Å². The van der Waals surface area contributed by atoms with Crippen molar-refractivity contribution in [2.45, 2.75) is 31.3 Å². The summed E-state index contributed by atoms with van der Waals surface area (Å²) >= 11 is 0. The van der Waals surface area contributed by atoms with Crippen molar-refractivity contribution in [2.75, 3.05) is 19.8 Å². The number of rotatable bonds is 5. The van der Waals surface area contributed by atoms with Crippen LogP contribution in [-0.4, -0.2) is 44.4 Å². The molecule has 1 amide bonds. The molecule has 1 atom stereocenters. The van der Waals surface area contributed by atoms with Crippen LogP contribution in [0, 0.1) is 6.92 Å². The zero-order valence-corrected chi connectivity index (χ0v) is 16.3. The molecular formula is C20H24N2O4S. The third-order valence-electron chi connectivity index (χ3n) is 4.71. The molecule has 27 heavy (non-hydrogen) atoms. The van der Waals surface area contributed by atoms with Crippen molar-refractivity contribution in [1.29, 1.82) is 0 Å². The van der Waals surface area contributed by atoms with E-state index in [0.29, 0.717) is 31.9 Å². The molecule has 144 valence electrons. The average molecular weight is 388 g/mol. The highest BCUT2D eigenvalue weighted by molar-refractivity contribution is 7.89. The summed E-state index contributed by atoms with van der Waals surface area (Å²) in [5, 5.41) is 2.86. The number of sulfonamides is 1. The van der Waals surface area contributed by atoms with Gasteiger partial charge < -0.3 is 10.1 Å². The summed E-state index contributed by atoms with van der Waals surface area (Å²) in [6.45, 7) is 5.25. The SMILES string of the molecule is Cc1ccccc1CNC(=O)c1cccc(S(=O)(=O)N2CCOCC2C)c1. The zero-order chi connectivity index (χ0) is 19.4. The maximum atomic E-state index is 12.9. The Morgan fingerprint density at radius 3 is 2.74 bits per heavy atom.